The minimum atomic E-state index is -0.474. The van der Waals surface area contributed by atoms with E-state index in [2.05, 4.69) is 0 Å². The molecule has 0 bridgehead atoms. The maximum atomic E-state index is 12.2. The third-order valence-electron chi connectivity index (χ3n) is 4.78. The Morgan fingerprint density at radius 3 is 2.19 bits per heavy atom. The number of amides is 2. The minimum absolute atomic E-state index is 0.0222. The van der Waals surface area contributed by atoms with E-state index in [4.69, 9.17) is 11.6 Å². The molecular formula is C16H27ClN2O2. The molecule has 1 aliphatic carbocycles. The Kier molecular flexibility index (Phi) is 6.34. The standard InChI is InChI=1S/C16H27ClN2O2/c1-13(17)16(21)19-11-9-18(10-12-19)15(20)8-7-14-5-3-2-4-6-14/h13-14H,2-12H2,1H3. The van der Waals surface area contributed by atoms with Gasteiger partial charge in [0.25, 0.3) is 0 Å². The van der Waals surface area contributed by atoms with E-state index in [-0.39, 0.29) is 11.8 Å². The summed E-state index contributed by atoms with van der Waals surface area (Å²) >= 11 is 5.82. The highest BCUT2D eigenvalue weighted by molar-refractivity contribution is 6.30. The molecule has 0 aromatic carbocycles. The molecule has 1 saturated carbocycles. The van der Waals surface area contributed by atoms with E-state index in [1.54, 1.807) is 11.8 Å². The molecule has 0 radical (unpaired) electrons. The van der Waals surface area contributed by atoms with Crippen LogP contribution in [0.5, 0.6) is 0 Å². The van der Waals surface area contributed by atoms with E-state index in [1.165, 1.54) is 32.1 Å². The maximum absolute atomic E-state index is 12.2. The maximum Gasteiger partial charge on any atom is 0.240 e. The average Bonchev–Trinajstić information content (AvgIpc) is 2.53. The van der Waals surface area contributed by atoms with Gasteiger partial charge in [-0.2, -0.15) is 0 Å². The Hall–Kier alpha value is -0.770. The number of hydrogen-bond acceptors (Lipinski definition) is 2. The quantitative estimate of drug-likeness (QED) is 0.749. The van der Waals surface area contributed by atoms with Crippen LogP contribution < -0.4 is 0 Å². The molecule has 0 N–H and O–H groups in total. The number of halogens is 1. The second-order valence-corrected chi connectivity index (χ2v) is 7.02. The molecule has 21 heavy (non-hydrogen) atoms. The van der Waals surface area contributed by atoms with Gasteiger partial charge in [-0.15, -0.1) is 11.6 Å². The van der Waals surface area contributed by atoms with Crippen LogP contribution in [0.1, 0.15) is 51.9 Å². The Bertz CT molecular complexity index is 359. The first kappa shape index (κ1) is 16.6. The largest absolute Gasteiger partial charge is 0.339 e. The highest BCUT2D eigenvalue weighted by Crippen LogP contribution is 2.27. The van der Waals surface area contributed by atoms with Crippen molar-refractivity contribution in [2.75, 3.05) is 26.2 Å². The van der Waals surface area contributed by atoms with E-state index in [1.807, 2.05) is 4.90 Å². The summed E-state index contributed by atoms with van der Waals surface area (Å²) in [4.78, 5) is 27.7. The summed E-state index contributed by atoms with van der Waals surface area (Å²) < 4.78 is 0. The van der Waals surface area contributed by atoms with Crippen molar-refractivity contribution in [1.82, 2.24) is 9.80 Å². The summed E-state index contributed by atoms with van der Waals surface area (Å²) in [6.07, 6.45) is 8.32. The monoisotopic (exact) mass is 314 g/mol. The summed E-state index contributed by atoms with van der Waals surface area (Å²) in [5.74, 6) is 0.986. The Balaban J connectivity index is 1.69. The molecule has 4 nitrogen and oxygen atoms in total. The van der Waals surface area contributed by atoms with Crippen LogP contribution in [-0.4, -0.2) is 53.2 Å². The van der Waals surface area contributed by atoms with Crippen molar-refractivity contribution in [3.8, 4) is 0 Å². The number of nitrogens with zero attached hydrogens (tertiary/aromatic N) is 2. The normalized spacial score (nSPS) is 22.2. The highest BCUT2D eigenvalue weighted by Gasteiger charge is 2.26. The van der Waals surface area contributed by atoms with Gasteiger partial charge in [0.15, 0.2) is 0 Å². The fourth-order valence-electron chi connectivity index (χ4n) is 3.39. The van der Waals surface area contributed by atoms with Crippen molar-refractivity contribution < 1.29 is 9.59 Å². The van der Waals surface area contributed by atoms with Crippen molar-refractivity contribution >= 4 is 23.4 Å². The number of piperazine rings is 1. The van der Waals surface area contributed by atoms with Crippen LogP contribution in [0.15, 0.2) is 0 Å². The first-order valence-corrected chi connectivity index (χ1v) is 8.72. The average molecular weight is 315 g/mol. The van der Waals surface area contributed by atoms with Gasteiger partial charge in [0.1, 0.15) is 5.38 Å². The molecule has 0 aromatic heterocycles. The third-order valence-corrected chi connectivity index (χ3v) is 4.96. The van der Waals surface area contributed by atoms with Crippen LogP contribution in [0, 0.1) is 5.92 Å². The summed E-state index contributed by atoms with van der Waals surface area (Å²) in [5.41, 5.74) is 0. The second-order valence-electron chi connectivity index (χ2n) is 6.36. The van der Waals surface area contributed by atoms with Crippen LogP contribution in [0.25, 0.3) is 0 Å². The molecule has 1 aliphatic heterocycles. The van der Waals surface area contributed by atoms with Crippen molar-refractivity contribution in [2.24, 2.45) is 5.92 Å². The first-order chi connectivity index (χ1) is 10.1. The van der Waals surface area contributed by atoms with Gasteiger partial charge >= 0.3 is 0 Å². The van der Waals surface area contributed by atoms with Crippen molar-refractivity contribution in [2.45, 2.75) is 57.2 Å². The lowest BCUT2D eigenvalue weighted by Crippen LogP contribution is -2.52. The summed E-state index contributed by atoms with van der Waals surface area (Å²) in [6.45, 7) is 4.24. The summed E-state index contributed by atoms with van der Waals surface area (Å²) in [7, 11) is 0. The number of rotatable bonds is 4. The van der Waals surface area contributed by atoms with Crippen LogP contribution in [0.3, 0.4) is 0 Å². The van der Waals surface area contributed by atoms with Crippen molar-refractivity contribution in [3.63, 3.8) is 0 Å². The number of carbonyl (C=O) groups excluding carboxylic acids is 2. The summed E-state index contributed by atoms with van der Waals surface area (Å²) in [5, 5.41) is -0.474. The van der Waals surface area contributed by atoms with Crippen LogP contribution >= 0.6 is 11.6 Å². The lowest BCUT2D eigenvalue weighted by Gasteiger charge is -2.35. The van der Waals surface area contributed by atoms with Gasteiger partial charge in [-0.25, -0.2) is 0 Å². The zero-order valence-corrected chi connectivity index (χ0v) is 13.8. The molecule has 1 heterocycles. The Labute approximate surface area is 132 Å². The topological polar surface area (TPSA) is 40.6 Å². The van der Waals surface area contributed by atoms with Crippen LogP contribution in [0.4, 0.5) is 0 Å². The van der Waals surface area contributed by atoms with Gasteiger partial charge in [-0.3, -0.25) is 9.59 Å². The van der Waals surface area contributed by atoms with E-state index in [0.717, 1.165) is 12.3 Å². The molecule has 0 spiro atoms. The molecule has 1 atom stereocenters. The molecule has 120 valence electrons. The zero-order chi connectivity index (χ0) is 15.2. The summed E-state index contributed by atoms with van der Waals surface area (Å²) in [6, 6.07) is 0. The van der Waals surface area contributed by atoms with Gasteiger partial charge in [0.05, 0.1) is 0 Å². The molecule has 2 rings (SSSR count). The predicted molar refractivity (Wildman–Crippen MR) is 84.3 cm³/mol. The third kappa shape index (κ3) is 4.87. The molecular weight excluding hydrogens is 288 g/mol. The van der Waals surface area contributed by atoms with Gasteiger partial charge < -0.3 is 9.80 Å². The highest BCUT2D eigenvalue weighted by atomic mass is 35.5. The first-order valence-electron chi connectivity index (χ1n) is 8.28. The smallest absolute Gasteiger partial charge is 0.240 e. The van der Waals surface area contributed by atoms with Crippen LogP contribution in [0.2, 0.25) is 0 Å². The predicted octanol–water partition coefficient (Wildman–Crippen LogP) is 2.65. The number of carbonyl (C=O) groups is 2. The minimum Gasteiger partial charge on any atom is -0.339 e. The van der Waals surface area contributed by atoms with Gasteiger partial charge in [0.2, 0.25) is 11.8 Å². The van der Waals surface area contributed by atoms with E-state index < -0.39 is 5.38 Å². The van der Waals surface area contributed by atoms with E-state index >= 15 is 0 Å². The molecule has 0 aromatic rings. The molecule has 2 aliphatic rings. The molecule has 2 fully saturated rings. The molecule has 5 heteroatoms. The molecule has 1 saturated heterocycles. The van der Waals surface area contributed by atoms with Crippen LogP contribution in [-0.2, 0) is 9.59 Å². The fraction of sp³-hybridized carbons (Fsp3) is 0.875. The SMILES string of the molecule is CC(Cl)C(=O)N1CCN(C(=O)CCC2CCCCC2)CC1. The van der Waals surface area contributed by atoms with Gasteiger partial charge in [-0.1, -0.05) is 32.1 Å². The van der Waals surface area contributed by atoms with Crippen molar-refractivity contribution in [1.29, 1.82) is 0 Å². The fourth-order valence-corrected chi connectivity index (χ4v) is 3.53. The number of hydrogen-bond donors (Lipinski definition) is 0. The Morgan fingerprint density at radius 2 is 1.62 bits per heavy atom. The molecule has 1 unspecified atom stereocenters. The van der Waals surface area contributed by atoms with Gasteiger partial charge in [0, 0.05) is 32.6 Å². The lowest BCUT2D eigenvalue weighted by atomic mass is 9.86. The van der Waals surface area contributed by atoms with Gasteiger partial charge in [-0.05, 0) is 19.3 Å². The van der Waals surface area contributed by atoms with E-state index in [0.29, 0.717) is 32.6 Å². The van der Waals surface area contributed by atoms with E-state index in [9.17, 15) is 9.59 Å². The zero-order valence-electron chi connectivity index (χ0n) is 13.0. The second kappa shape index (κ2) is 8.02. The number of alkyl halides is 1. The Morgan fingerprint density at radius 1 is 1.05 bits per heavy atom. The lowest BCUT2D eigenvalue weighted by molar-refractivity contribution is -0.139. The van der Waals surface area contributed by atoms with Crippen molar-refractivity contribution in [3.05, 3.63) is 0 Å². The molecule has 2 amide bonds.